The molecule has 2 atom stereocenters. The third-order valence-corrected chi connectivity index (χ3v) is 3.14. The zero-order valence-corrected chi connectivity index (χ0v) is 11.3. The van der Waals surface area contributed by atoms with Crippen LogP contribution in [0.3, 0.4) is 0 Å². The lowest BCUT2D eigenvalue weighted by Gasteiger charge is -2.23. The van der Waals surface area contributed by atoms with E-state index in [0.717, 1.165) is 12.8 Å². The minimum Gasteiger partial charge on any atom is -0.480 e. The summed E-state index contributed by atoms with van der Waals surface area (Å²) in [4.78, 5) is 22.4. The quantitative estimate of drug-likeness (QED) is 0.522. The number of aliphatic carboxylic acids is 1. The van der Waals surface area contributed by atoms with Gasteiger partial charge in [0.1, 0.15) is 6.04 Å². The van der Waals surface area contributed by atoms with Crippen LogP contribution >= 0.6 is 0 Å². The van der Waals surface area contributed by atoms with Crippen LogP contribution in [0.5, 0.6) is 0 Å². The van der Waals surface area contributed by atoms with Crippen molar-refractivity contribution in [2.75, 3.05) is 6.61 Å². The Morgan fingerprint density at radius 1 is 1.17 bits per heavy atom. The molecule has 1 unspecified atom stereocenters. The number of carboxylic acids is 1. The van der Waals surface area contributed by atoms with Gasteiger partial charge >= 0.3 is 12.0 Å². The zero-order valence-electron chi connectivity index (χ0n) is 11.3. The summed E-state index contributed by atoms with van der Waals surface area (Å²) in [7, 11) is 0. The third kappa shape index (κ3) is 5.86. The molecule has 0 aromatic carbocycles. The van der Waals surface area contributed by atoms with Crippen molar-refractivity contribution in [1.29, 1.82) is 0 Å². The standard InChI is InChI=1S/C12H24N2O4/c1-4-9(5-2)8(3)13-12(18)14-10(6-7-15)11(16)17/h8-10,15H,4-7H2,1-3H3,(H,16,17)(H2,13,14,18)/t8?,10-/m0/s1. The van der Waals surface area contributed by atoms with Crippen molar-refractivity contribution in [1.82, 2.24) is 10.6 Å². The summed E-state index contributed by atoms with van der Waals surface area (Å²) in [6.07, 6.45) is 1.91. The highest BCUT2D eigenvalue weighted by atomic mass is 16.4. The van der Waals surface area contributed by atoms with Gasteiger partial charge in [-0.15, -0.1) is 0 Å². The third-order valence-electron chi connectivity index (χ3n) is 3.14. The molecule has 0 saturated carbocycles. The molecule has 2 amide bonds. The van der Waals surface area contributed by atoms with E-state index in [9.17, 15) is 9.59 Å². The highest BCUT2D eigenvalue weighted by molar-refractivity contribution is 5.82. The number of hydrogen-bond acceptors (Lipinski definition) is 3. The van der Waals surface area contributed by atoms with E-state index >= 15 is 0 Å². The Kier molecular flexibility index (Phi) is 8.11. The van der Waals surface area contributed by atoms with Crippen LogP contribution in [-0.2, 0) is 4.79 Å². The van der Waals surface area contributed by atoms with E-state index in [-0.39, 0.29) is 19.1 Å². The minimum absolute atomic E-state index is 0.00210. The monoisotopic (exact) mass is 260 g/mol. The molecule has 0 spiro atoms. The van der Waals surface area contributed by atoms with Gasteiger partial charge < -0.3 is 20.8 Å². The number of urea groups is 1. The second-order valence-electron chi connectivity index (χ2n) is 4.39. The van der Waals surface area contributed by atoms with Crippen molar-refractivity contribution in [2.45, 2.75) is 52.1 Å². The average molecular weight is 260 g/mol. The van der Waals surface area contributed by atoms with Gasteiger partial charge in [0.2, 0.25) is 0 Å². The molecule has 0 aromatic heterocycles. The Morgan fingerprint density at radius 2 is 1.72 bits per heavy atom. The van der Waals surface area contributed by atoms with Gasteiger partial charge in [-0.3, -0.25) is 0 Å². The number of carbonyl (C=O) groups is 2. The van der Waals surface area contributed by atoms with E-state index in [1.165, 1.54) is 0 Å². The van der Waals surface area contributed by atoms with Gasteiger partial charge in [0.15, 0.2) is 0 Å². The predicted octanol–water partition coefficient (Wildman–Crippen LogP) is 0.946. The number of rotatable bonds is 8. The van der Waals surface area contributed by atoms with Gasteiger partial charge in [0.05, 0.1) is 0 Å². The molecule has 0 fully saturated rings. The summed E-state index contributed by atoms with van der Waals surface area (Å²) in [5, 5.41) is 22.6. The van der Waals surface area contributed by atoms with Crippen molar-refractivity contribution in [3.05, 3.63) is 0 Å². The van der Waals surface area contributed by atoms with Gasteiger partial charge in [0, 0.05) is 19.1 Å². The predicted molar refractivity (Wildman–Crippen MR) is 68.3 cm³/mol. The van der Waals surface area contributed by atoms with Crippen LogP contribution < -0.4 is 10.6 Å². The smallest absolute Gasteiger partial charge is 0.326 e. The summed E-state index contributed by atoms with van der Waals surface area (Å²) >= 11 is 0. The maximum atomic E-state index is 11.6. The largest absolute Gasteiger partial charge is 0.480 e. The number of aliphatic hydroxyl groups is 1. The molecular weight excluding hydrogens is 236 g/mol. The van der Waals surface area contributed by atoms with Crippen molar-refractivity contribution < 1.29 is 19.8 Å². The number of amides is 2. The summed E-state index contributed by atoms with van der Waals surface area (Å²) in [6, 6.07) is -1.57. The van der Waals surface area contributed by atoms with Crippen LogP contribution in [0, 0.1) is 5.92 Å². The van der Waals surface area contributed by atoms with Crippen molar-refractivity contribution in [2.24, 2.45) is 5.92 Å². The first kappa shape index (κ1) is 16.7. The molecule has 4 N–H and O–H groups in total. The Balaban J connectivity index is 4.27. The first-order chi connectivity index (χ1) is 8.46. The summed E-state index contributed by atoms with van der Waals surface area (Å²) in [5.41, 5.74) is 0. The molecule has 6 heteroatoms. The molecule has 0 aromatic rings. The van der Waals surface area contributed by atoms with E-state index in [1.807, 2.05) is 6.92 Å². The van der Waals surface area contributed by atoms with Crippen molar-refractivity contribution >= 4 is 12.0 Å². The van der Waals surface area contributed by atoms with Crippen LogP contribution in [0.4, 0.5) is 4.79 Å². The molecule has 0 aliphatic carbocycles. The van der Waals surface area contributed by atoms with E-state index in [4.69, 9.17) is 10.2 Å². The second-order valence-corrected chi connectivity index (χ2v) is 4.39. The van der Waals surface area contributed by atoms with E-state index in [0.29, 0.717) is 5.92 Å². The summed E-state index contributed by atoms with van der Waals surface area (Å²) < 4.78 is 0. The minimum atomic E-state index is -1.14. The highest BCUT2D eigenvalue weighted by Gasteiger charge is 2.21. The first-order valence-corrected chi connectivity index (χ1v) is 6.36. The molecule has 18 heavy (non-hydrogen) atoms. The first-order valence-electron chi connectivity index (χ1n) is 6.36. The Hall–Kier alpha value is -1.30. The lowest BCUT2D eigenvalue weighted by molar-refractivity contribution is -0.139. The summed E-state index contributed by atoms with van der Waals surface area (Å²) in [6.45, 7) is 5.73. The number of hydrogen-bond donors (Lipinski definition) is 4. The normalized spacial score (nSPS) is 14.1. The van der Waals surface area contributed by atoms with E-state index in [2.05, 4.69) is 24.5 Å². The topological polar surface area (TPSA) is 98.7 Å². The fourth-order valence-corrected chi connectivity index (χ4v) is 1.91. The number of carbonyl (C=O) groups excluding carboxylic acids is 1. The average Bonchev–Trinajstić information content (AvgIpc) is 2.29. The SMILES string of the molecule is CCC(CC)C(C)NC(=O)N[C@@H](CCO)C(=O)O. The zero-order chi connectivity index (χ0) is 14.1. The molecular formula is C12H24N2O4. The number of aliphatic hydroxyl groups excluding tert-OH is 1. The fraction of sp³-hybridized carbons (Fsp3) is 0.833. The maximum Gasteiger partial charge on any atom is 0.326 e. The molecule has 0 radical (unpaired) electrons. The van der Waals surface area contributed by atoms with E-state index < -0.39 is 18.0 Å². The van der Waals surface area contributed by atoms with Gasteiger partial charge in [-0.1, -0.05) is 26.7 Å². The lowest BCUT2D eigenvalue weighted by Crippen LogP contribution is -2.50. The molecule has 0 aliphatic heterocycles. The Morgan fingerprint density at radius 3 is 2.11 bits per heavy atom. The molecule has 0 saturated heterocycles. The summed E-state index contributed by atoms with van der Waals surface area (Å²) in [5.74, 6) is -0.772. The van der Waals surface area contributed by atoms with Gasteiger partial charge in [-0.2, -0.15) is 0 Å². The Bertz CT molecular complexity index is 267. The molecule has 6 nitrogen and oxygen atoms in total. The van der Waals surface area contributed by atoms with Crippen LogP contribution in [0.25, 0.3) is 0 Å². The van der Waals surface area contributed by atoms with Crippen molar-refractivity contribution in [3.63, 3.8) is 0 Å². The molecule has 0 rings (SSSR count). The van der Waals surface area contributed by atoms with Gasteiger partial charge in [-0.05, 0) is 12.8 Å². The molecule has 0 heterocycles. The van der Waals surface area contributed by atoms with Crippen LogP contribution in [0.1, 0.15) is 40.0 Å². The van der Waals surface area contributed by atoms with E-state index in [1.54, 1.807) is 0 Å². The molecule has 0 bridgehead atoms. The maximum absolute atomic E-state index is 11.6. The molecule has 106 valence electrons. The van der Waals surface area contributed by atoms with Crippen LogP contribution in [-0.4, -0.2) is 40.9 Å². The number of nitrogens with one attached hydrogen (secondary N) is 2. The van der Waals surface area contributed by atoms with Crippen molar-refractivity contribution in [3.8, 4) is 0 Å². The number of carboxylic acid groups (broad SMARTS) is 1. The molecule has 0 aliphatic rings. The van der Waals surface area contributed by atoms with Crippen LogP contribution in [0.2, 0.25) is 0 Å². The second kappa shape index (κ2) is 8.74. The highest BCUT2D eigenvalue weighted by Crippen LogP contribution is 2.12. The lowest BCUT2D eigenvalue weighted by atomic mass is 9.96. The van der Waals surface area contributed by atoms with Crippen LogP contribution in [0.15, 0.2) is 0 Å². The van der Waals surface area contributed by atoms with Gasteiger partial charge in [-0.25, -0.2) is 9.59 Å². The fourth-order valence-electron chi connectivity index (χ4n) is 1.91. The Labute approximate surface area is 108 Å². The van der Waals surface area contributed by atoms with Gasteiger partial charge in [0.25, 0.3) is 0 Å².